The Bertz CT molecular complexity index is 4420. The number of fused-ring (bicyclic) bond motifs is 5. The van der Waals surface area contributed by atoms with Crippen molar-refractivity contribution < 1.29 is 105 Å². The number of aliphatic hydroxyl groups excluding tert-OH is 2. The van der Waals surface area contributed by atoms with Gasteiger partial charge in [-0.3, -0.25) is 28.8 Å². The van der Waals surface area contributed by atoms with Crippen molar-refractivity contribution in [1.82, 2.24) is 60.6 Å². The molecule has 4 aromatic heterocycles. The number of oxazole rings is 1. The number of carbonyl (C=O) groups excluding carboxylic acids is 7. The number of nitrogens with zero attached hydrogens (tertiary/aromatic N) is 9. The number of aryl methyl sites for hydroxylation is 2. The van der Waals surface area contributed by atoms with Crippen molar-refractivity contribution in [1.29, 1.82) is 0 Å². The van der Waals surface area contributed by atoms with Gasteiger partial charge in [-0.2, -0.15) is 10.1 Å². The molecule has 4 aliphatic rings. The molecule has 704 valence electrons. The van der Waals surface area contributed by atoms with Crippen molar-refractivity contribution in [3.63, 3.8) is 0 Å². The Hall–Kier alpha value is -8.93. The molecule has 5 aromatic rings. The van der Waals surface area contributed by atoms with Gasteiger partial charge in [0.2, 0.25) is 23.5 Å². The van der Waals surface area contributed by atoms with E-state index in [0.29, 0.717) is 209 Å². The molecule has 4 amide bonds. The van der Waals surface area contributed by atoms with Crippen molar-refractivity contribution >= 4 is 75.1 Å². The number of aliphatic hydroxyl groups is 3. The Morgan fingerprint density at radius 2 is 1.35 bits per heavy atom. The zero-order chi connectivity index (χ0) is 91.4. The molecule has 0 radical (unpaired) electrons. The highest BCUT2D eigenvalue weighted by Gasteiger charge is 2.53. The average molecular weight is 1780 g/mol. The number of rotatable bonds is 41. The summed E-state index contributed by atoms with van der Waals surface area (Å²) in [5.41, 5.74) is 24.3. The number of carbonyl (C=O) groups is 7. The largest absolute Gasteiger partial charge is 0.459 e. The Kier molecular flexibility index (Phi) is 42.2. The lowest BCUT2D eigenvalue weighted by Crippen LogP contribution is -2.61. The van der Waals surface area contributed by atoms with Crippen LogP contribution in [-0.2, 0) is 98.6 Å². The zero-order valence-electron chi connectivity index (χ0n) is 75.3. The van der Waals surface area contributed by atoms with E-state index in [4.69, 9.17) is 78.8 Å². The minimum absolute atomic E-state index is 0.0149. The second-order valence-electron chi connectivity index (χ2n) is 33.7. The predicted molar refractivity (Wildman–Crippen MR) is 471 cm³/mol. The van der Waals surface area contributed by atoms with Gasteiger partial charge in [0.1, 0.15) is 47.7 Å². The maximum absolute atomic E-state index is 14.9. The smallest absolute Gasteiger partial charge is 0.329 e. The Balaban J connectivity index is 0.610. The van der Waals surface area contributed by atoms with Crippen LogP contribution in [0.2, 0.25) is 0 Å². The van der Waals surface area contributed by atoms with E-state index < -0.39 is 95.7 Å². The minimum atomic E-state index is -2.48. The summed E-state index contributed by atoms with van der Waals surface area (Å²) in [5, 5.41) is 58.0. The van der Waals surface area contributed by atoms with Crippen molar-refractivity contribution in [2.45, 2.75) is 237 Å². The Labute approximate surface area is 743 Å². The minimum Gasteiger partial charge on any atom is -0.459 e. The average Bonchev–Trinajstić information content (AvgIpc) is 1.57. The standard InChI is InChI=1S/C90H137N15O22/c1-57-18-11-10-12-19-58(2)72(116-7)53-66-26-23-62(6)90(115,127-66)84(112)87(113)103-34-15-13-21-70(103)88(114)125-74(54-73(117-8)59(3)49-61(5)82(110)83(111)81(109)60(4)48-57)67(91)50-63-24-27-69(75(51-63)118-9)105-55-65(100-102-105)20-17-22-76(106)95-32-38-121-42-46-124-45-41-120-37-30-78(108)96-33-39-122-43-47-123-44-40-119-36-29-77(107)94-31-14-16-35-104-86-79(85(92)97-56-98-86)80(101-104)64-25-28-71-68(52-64)99-89(93)126-71/h10-12,18-19,25,28,49,52,55-57,59-60,62-63,66-67,69-70,72-75,82-83,110-111,115H,13-17,20-24,26-27,29-48,50-51,53-54,91H2,1-9H3,(H2,93,99)(H,94,107)(H,95,106)(H,96,108)(H2,92,97,98)/b12-10+,18-11+,58-19+,61-49+/t57-,59-,60-,62-,63+,66+,67-,69+,70+,72+,73-,74+,75-,82-,83+,90-/m1/s1. The quantitative estimate of drug-likeness (QED) is 0.00899. The summed E-state index contributed by atoms with van der Waals surface area (Å²) in [5.74, 6) is -7.92. The summed E-state index contributed by atoms with van der Waals surface area (Å²) in [6.45, 7) is 16.3. The molecule has 127 heavy (non-hydrogen) atoms. The molecule has 37 nitrogen and oxygen atoms in total. The first-order valence-electron chi connectivity index (χ1n) is 44.9. The topological polar surface area (TPSA) is 499 Å². The summed E-state index contributed by atoms with van der Waals surface area (Å²) >= 11 is 0. The van der Waals surface area contributed by atoms with Crippen molar-refractivity contribution in [3.8, 4) is 11.3 Å². The normalized spacial score (nSPS) is 27.0. The number of methoxy groups -OCH3 is 3. The van der Waals surface area contributed by atoms with Crippen LogP contribution < -0.4 is 33.2 Å². The highest BCUT2D eigenvalue weighted by atomic mass is 16.6. The fourth-order valence-electron chi connectivity index (χ4n) is 16.7. The van der Waals surface area contributed by atoms with Gasteiger partial charge in [0.15, 0.2) is 17.0 Å². The number of benzene rings is 1. The van der Waals surface area contributed by atoms with E-state index >= 15 is 0 Å². The zero-order valence-corrected chi connectivity index (χ0v) is 75.3. The lowest BCUT2D eigenvalue weighted by atomic mass is 9.79. The molecule has 3 aliphatic heterocycles. The van der Waals surface area contributed by atoms with E-state index in [9.17, 15) is 48.9 Å². The molecular weight excluding hydrogens is 1640 g/mol. The van der Waals surface area contributed by atoms with Gasteiger partial charge in [-0.1, -0.05) is 69.4 Å². The summed E-state index contributed by atoms with van der Waals surface area (Å²) in [4.78, 5) is 109. The lowest BCUT2D eigenvalue weighted by molar-refractivity contribution is -0.265. The van der Waals surface area contributed by atoms with Gasteiger partial charge in [-0.25, -0.2) is 24.1 Å². The van der Waals surface area contributed by atoms with Gasteiger partial charge < -0.3 is 110 Å². The molecule has 3 fully saturated rings. The van der Waals surface area contributed by atoms with E-state index in [0.717, 1.165) is 23.3 Å². The second kappa shape index (κ2) is 52.7. The number of nitrogens with two attached hydrogens (primary N) is 3. The molecule has 37 heteroatoms. The third-order valence-electron chi connectivity index (χ3n) is 24.1. The van der Waals surface area contributed by atoms with Crippen molar-refractivity contribution in [3.05, 3.63) is 84.0 Å². The third-order valence-corrected chi connectivity index (χ3v) is 24.1. The lowest BCUT2D eigenvalue weighted by Gasteiger charge is -2.43. The number of allylic oxidation sites excluding steroid dienone is 5. The number of unbranched alkanes of at least 4 members (excludes halogenated alkanes) is 1. The number of nitrogens with one attached hydrogen (secondary N) is 3. The predicted octanol–water partition coefficient (Wildman–Crippen LogP) is 6.28. The van der Waals surface area contributed by atoms with E-state index in [-0.39, 0.29) is 106 Å². The molecule has 16 atom stereocenters. The maximum Gasteiger partial charge on any atom is 0.329 e. The molecule has 1 aliphatic carbocycles. The second-order valence-corrected chi connectivity index (χ2v) is 33.7. The Morgan fingerprint density at radius 1 is 0.693 bits per heavy atom. The highest BCUT2D eigenvalue weighted by molar-refractivity contribution is 6.39. The van der Waals surface area contributed by atoms with Gasteiger partial charge >= 0.3 is 5.97 Å². The van der Waals surface area contributed by atoms with Crippen LogP contribution in [0, 0.1) is 29.6 Å². The van der Waals surface area contributed by atoms with E-state index in [1.54, 1.807) is 51.8 Å². The van der Waals surface area contributed by atoms with Crippen LogP contribution >= 0.6 is 0 Å². The number of nitrogen functional groups attached to an aromatic ring is 2. The number of ether oxygens (including phenoxy) is 11. The SMILES string of the molecule is CO[C@H]1C[C@@H]2CC[C@@H](C)[C@@](O)(O2)C(=O)C(=O)N2CCCC[C@H]2C(=O)O[C@H]([C@H](N)C[C@@H]2CC[C@H](n3cc(CCCC(=O)NCCOCCOCCOCCC(=O)NCCOCCOCCOCCC(=O)NCCCCn4nc(-c5ccc6oc(N)nc6c5)c5c(N)ncnc54)nn3)[C@H](OC)C2)C[C@@H](OC)[C@H](C)/C=C(\C)[C@@H](O)[C@@H](O)C(=O)[C@H](C)C[C@H](C)/C=C/C=C/C=C/1C. The van der Waals surface area contributed by atoms with Crippen LogP contribution in [0.25, 0.3) is 33.4 Å². The number of hydrogen-bond donors (Lipinski definition) is 9. The number of anilines is 2. The summed E-state index contributed by atoms with van der Waals surface area (Å²) in [7, 11) is 4.72. The fourth-order valence-corrected chi connectivity index (χ4v) is 16.7. The molecule has 9 rings (SSSR count). The number of hydrogen-bond acceptors (Lipinski definition) is 31. The van der Waals surface area contributed by atoms with E-state index in [1.807, 2.05) is 74.2 Å². The Morgan fingerprint density at radius 3 is 2.03 bits per heavy atom. The number of aromatic nitrogens is 8. The number of ketones is 2. The highest BCUT2D eigenvalue weighted by Crippen LogP contribution is 2.40. The van der Waals surface area contributed by atoms with Gasteiger partial charge in [0.25, 0.3) is 17.7 Å². The van der Waals surface area contributed by atoms with E-state index in [2.05, 4.69) is 41.2 Å². The first-order valence-corrected chi connectivity index (χ1v) is 44.9. The number of esters is 1. The molecule has 0 spiro atoms. The maximum atomic E-state index is 14.9. The first-order chi connectivity index (χ1) is 61.2. The first kappa shape index (κ1) is 102. The van der Waals surface area contributed by atoms with Crippen LogP contribution in [0.5, 0.6) is 0 Å². The molecule has 0 unspecified atom stereocenters. The monoisotopic (exact) mass is 1780 g/mol. The number of Topliss-reactive ketones (excluding diaryl/α,β-unsaturated/α-hetero) is 2. The number of piperidine rings is 1. The van der Waals surface area contributed by atoms with Gasteiger partial charge in [0, 0.05) is 122 Å². The van der Waals surface area contributed by atoms with Crippen LogP contribution in [0.3, 0.4) is 0 Å². The van der Waals surface area contributed by atoms with Crippen LogP contribution in [0.4, 0.5) is 11.8 Å². The molecule has 2 bridgehead atoms. The molecular formula is C90H137N15O22. The van der Waals surface area contributed by atoms with Crippen molar-refractivity contribution in [2.75, 3.05) is 138 Å². The number of amides is 4. The molecule has 7 heterocycles. The fraction of sp³-hybridized carbons (Fsp3) is 0.678. The summed E-state index contributed by atoms with van der Waals surface area (Å²) < 4.78 is 73.3. The third kappa shape index (κ3) is 31.2. The molecule has 1 aromatic carbocycles. The van der Waals surface area contributed by atoms with Crippen LogP contribution in [0.15, 0.2) is 82.7 Å². The van der Waals surface area contributed by atoms with Gasteiger partial charge in [-0.05, 0) is 145 Å². The van der Waals surface area contributed by atoms with Crippen LogP contribution in [-0.4, -0.2) is 288 Å². The number of cyclic esters (lactones) is 1. The summed E-state index contributed by atoms with van der Waals surface area (Å²) in [6.07, 6.45) is 16.5. The van der Waals surface area contributed by atoms with Crippen molar-refractivity contribution in [2.24, 2.45) is 35.3 Å². The molecule has 12 N–H and O–H groups in total. The molecule has 2 saturated heterocycles. The molecule has 1 saturated carbocycles. The van der Waals surface area contributed by atoms with Crippen LogP contribution in [0.1, 0.15) is 169 Å². The summed E-state index contributed by atoms with van der Waals surface area (Å²) in [6, 6.07) is 3.39. The van der Waals surface area contributed by atoms with Gasteiger partial charge in [-0.15, -0.1) is 5.10 Å². The van der Waals surface area contributed by atoms with Gasteiger partial charge in [0.05, 0.1) is 121 Å². The van der Waals surface area contributed by atoms with E-state index in [1.165, 1.54) is 18.3 Å².